The van der Waals surface area contributed by atoms with Crippen molar-refractivity contribution in [2.75, 3.05) is 6.61 Å². The second kappa shape index (κ2) is 4.47. The summed E-state index contributed by atoms with van der Waals surface area (Å²) in [5, 5.41) is 0. The second-order valence-electron chi connectivity index (χ2n) is 2.56. The van der Waals surface area contributed by atoms with Crippen LogP contribution in [0.1, 0.15) is 17.4 Å². The molecule has 1 rings (SSSR count). The first-order valence-corrected chi connectivity index (χ1v) is 4.16. The Kier molecular flexibility index (Phi) is 3.29. The van der Waals surface area contributed by atoms with Crippen LogP contribution in [0.5, 0.6) is 0 Å². The maximum Gasteiger partial charge on any atom is 0.358 e. The Morgan fingerprint density at radius 2 is 2.50 bits per heavy atom. The quantitative estimate of drug-likeness (QED) is 0.539. The third-order valence-corrected chi connectivity index (χ3v) is 1.64. The predicted octanol–water partition coefficient (Wildman–Crippen LogP) is 1.44. The summed E-state index contributed by atoms with van der Waals surface area (Å²) in [5.74, 6) is 1.02. The van der Waals surface area contributed by atoms with E-state index in [1.165, 1.54) is 16.8 Å². The van der Waals surface area contributed by atoms with E-state index in [9.17, 15) is 9.18 Å². The fraction of sp³-hybridized carbons (Fsp3) is 0.300. The van der Waals surface area contributed by atoms with E-state index >= 15 is 0 Å². The smallest absolute Gasteiger partial charge is 0.358 e. The van der Waals surface area contributed by atoms with Gasteiger partial charge in [0, 0.05) is 6.20 Å². The van der Waals surface area contributed by atoms with Gasteiger partial charge in [-0.1, -0.05) is 5.92 Å². The highest BCUT2D eigenvalue weighted by molar-refractivity contribution is 5.88. The number of carbonyl (C=O) groups excluding carboxylic acids is 1. The highest BCUT2D eigenvalue weighted by Crippen LogP contribution is 2.10. The summed E-state index contributed by atoms with van der Waals surface area (Å²) >= 11 is 0. The van der Waals surface area contributed by atoms with Gasteiger partial charge in [0.1, 0.15) is 0 Å². The van der Waals surface area contributed by atoms with E-state index < -0.39 is 11.8 Å². The normalized spacial score (nSPS) is 9.50. The molecule has 14 heavy (non-hydrogen) atoms. The molecule has 0 saturated carbocycles. The summed E-state index contributed by atoms with van der Waals surface area (Å²) in [5.41, 5.74) is -0.121. The van der Waals surface area contributed by atoms with Crippen molar-refractivity contribution in [3.8, 4) is 12.3 Å². The lowest BCUT2D eigenvalue weighted by molar-refractivity contribution is 0.0509. The van der Waals surface area contributed by atoms with Gasteiger partial charge in [0.15, 0.2) is 11.5 Å². The molecule has 0 aliphatic rings. The Morgan fingerprint density at radius 1 is 1.79 bits per heavy atom. The molecule has 0 spiro atoms. The number of aromatic nitrogens is 1. The Labute approximate surface area is 81.5 Å². The van der Waals surface area contributed by atoms with Gasteiger partial charge in [-0.3, -0.25) is 0 Å². The molecule has 0 unspecified atom stereocenters. The molecule has 0 radical (unpaired) electrons. The van der Waals surface area contributed by atoms with Crippen LogP contribution in [0.3, 0.4) is 0 Å². The first-order chi connectivity index (χ1) is 6.70. The van der Waals surface area contributed by atoms with Crippen LogP contribution in [0.2, 0.25) is 0 Å². The number of hydrogen-bond acceptors (Lipinski definition) is 2. The van der Waals surface area contributed by atoms with Crippen molar-refractivity contribution in [2.45, 2.75) is 13.5 Å². The monoisotopic (exact) mass is 195 g/mol. The fourth-order valence-electron chi connectivity index (χ4n) is 1.09. The lowest BCUT2D eigenvalue weighted by Gasteiger charge is -2.04. The molecule has 3 nitrogen and oxygen atoms in total. The van der Waals surface area contributed by atoms with E-state index in [4.69, 9.17) is 6.42 Å². The van der Waals surface area contributed by atoms with E-state index in [0.717, 1.165) is 0 Å². The van der Waals surface area contributed by atoms with Gasteiger partial charge in [-0.05, 0) is 13.0 Å². The van der Waals surface area contributed by atoms with E-state index in [1.54, 1.807) is 6.92 Å². The third-order valence-electron chi connectivity index (χ3n) is 1.64. The minimum atomic E-state index is -0.690. The highest BCUT2D eigenvalue weighted by atomic mass is 19.1. The zero-order valence-electron chi connectivity index (χ0n) is 7.79. The van der Waals surface area contributed by atoms with E-state index in [2.05, 4.69) is 10.7 Å². The molecule has 0 aliphatic carbocycles. The van der Waals surface area contributed by atoms with Gasteiger partial charge in [0.05, 0.1) is 13.2 Å². The van der Waals surface area contributed by atoms with Crippen molar-refractivity contribution in [3.05, 3.63) is 23.8 Å². The van der Waals surface area contributed by atoms with E-state index in [0.29, 0.717) is 0 Å². The van der Waals surface area contributed by atoms with Gasteiger partial charge in [-0.25, -0.2) is 9.18 Å². The summed E-state index contributed by atoms with van der Waals surface area (Å²) in [4.78, 5) is 11.3. The molecular weight excluding hydrogens is 185 g/mol. The molecule has 0 fully saturated rings. The summed E-state index contributed by atoms with van der Waals surface area (Å²) in [6, 6.07) is 1.18. The van der Waals surface area contributed by atoms with E-state index in [1.807, 2.05) is 0 Å². The highest BCUT2D eigenvalue weighted by Gasteiger charge is 2.17. The van der Waals surface area contributed by atoms with Crippen molar-refractivity contribution in [3.63, 3.8) is 0 Å². The van der Waals surface area contributed by atoms with Crippen molar-refractivity contribution >= 4 is 5.97 Å². The lowest BCUT2D eigenvalue weighted by Crippen LogP contribution is -2.13. The Balaban J connectivity index is 2.99. The number of nitrogens with zero attached hydrogens (tertiary/aromatic N) is 1. The number of carbonyl (C=O) groups is 1. The van der Waals surface area contributed by atoms with Gasteiger partial charge in [0.2, 0.25) is 0 Å². The number of terminal acetylenes is 1. The molecule has 4 heteroatoms. The average Bonchev–Trinajstić information content (AvgIpc) is 2.48. The molecule has 0 N–H and O–H groups in total. The summed E-state index contributed by atoms with van der Waals surface area (Å²) in [7, 11) is 0. The summed E-state index contributed by atoms with van der Waals surface area (Å²) in [6.45, 7) is 2.02. The largest absolute Gasteiger partial charge is 0.461 e. The van der Waals surface area contributed by atoms with Gasteiger partial charge in [0.25, 0.3) is 0 Å². The first-order valence-electron chi connectivity index (χ1n) is 4.16. The maximum absolute atomic E-state index is 13.1. The summed E-state index contributed by atoms with van der Waals surface area (Å²) in [6.07, 6.45) is 6.49. The fourth-order valence-corrected chi connectivity index (χ4v) is 1.09. The number of rotatable bonds is 3. The minimum Gasteiger partial charge on any atom is -0.461 e. The van der Waals surface area contributed by atoms with Crippen LogP contribution in [0.25, 0.3) is 0 Å². The van der Waals surface area contributed by atoms with Crippen molar-refractivity contribution < 1.29 is 13.9 Å². The molecule has 1 aromatic heterocycles. The minimum absolute atomic E-state index is 0.121. The molecule has 0 aliphatic heterocycles. The number of ether oxygens (including phenoxy) is 1. The van der Waals surface area contributed by atoms with Crippen LogP contribution < -0.4 is 0 Å². The molecule has 0 aromatic carbocycles. The third kappa shape index (κ3) is 1.94. The predicted molar refractivity (Wildman–Crippen MR) is 49.2 cm³/mol. The van der Waals surface area contributed by atoms with Crippen molar-refractivity contribution in [2.24, 2.45) is 0 Å². The van der Waals surface area contributed by atoms with Crippen LogP contribution >= 0.6 is 0 Å². The maximum atomic E-state index is 13.1. The average molecular weight is 195 g/mol. The number of hydrogen-bond donors (Lipinski definition) is 0. The molecule has 1 heterocycles. The first kappa shape index (κ1) is 10.3. The lowest BCUT2D eigenvalue weighted by atomic mass is 10.4. The van der Waals surface area contributed by atoms with Gasteiger partial charge in [-0.15, -0.1) is 6.42 Å². The van der Waals surface area contributed by atoms with Crippen LogP contribution in [0, 0.1) is 18.2 Å². The topological polar surface area (TPSA) is 31.2 Å². The van der Waals surface area contributed by atoms with Crippen LogP contribution in [-0.4, -0.2) is 17.1 Å². The number of esters is 1. The SMILES string of the molecule is C#CCn1ccc(F)c1C(=O)OCC. The van der Waals surface area contributed by atoms with Crippen LogP contribution in [-0.2, 0) is 11.3 Å². The Bertz CT molecular complexity index is 376. The summed E-state index contributed by atoms with van der Waals surface area (Å²) < 4.78 is 19.1. The second-order valence-corrected chi connectivity index (χ2v) is 2.56. The Morgan fingerprint density at radius 3 is 3.07 bits per heavy atom. The molecular formula is C10H10FNO2. The molecule has 0 bridgehead atoms. The standard InChI is InChI=1S/C10H10FNO2/c1-3-6-12-7-5-8(11)9(12)10(13)14-4-2/h1,5,7H,4,6H2,2H3. The van der Waals surface area contributed by atoms with Gasteiger partial charge < -0.3 is 9.30 Å². The van der Waals surface area contributed by atoms with Gasteiger partial charge >= 0.3 is 5.97 Å². The van der Waals surface area contributed by atoms with Crippen LogP contribution in [0.15, 0.2) is 12.3 Å². The molecule has 74 valence electrons. The van der Waals surface area contributed by atoms with Gasteiger partial charge in [-0.2, -0.15) is 0 Å². The molecule has 0 atom stereocenters. The molecule has 0 saturated heterocycles. The number of halogens is 1. The molecule has 1 aromatic rings. The molecule has 0 amide bonds. The zero-order chi connectivity index (χ0) is 10.6. The zero-order valence-corrected chi connectivity index (χ0v) is 7.79. The van der Waals surface area contributed by atoms with Crippen molar-refractivity contribution in [1.29, 1.82) is 0 Å². The Hall–Kier alpha value is -1.76. The van der Waals surface area contributed by atoms with E-state index in [-0.39, 0.29) is 18.8 Å². The van der Waals surface area contributed by atoms with Crippen molar-refractivity contribution in [1.82, 2.24) is 4.57 Å². The van der Waals surface area contributed by atoms with Crippen LogP contribution in [0.4, 0.5) is 4.39 Å².